The summed E-state index contributed by atoms with van der Waals surface area (Å²) in [4.78, 5) is 26.7. The Balaban J connectivity index is 2.06. The summed E-state index contributed by atoms with van der Waals surface area (Å²) in [6, 6.07) is 13.0. The molecule has 0 aliphatic rings. The van der Waals surface area contributed by atoms with E-state index in [0.717, 1.165) is 9.80 Å². The summed E-state index contributed by atoms with van der Waals surface area (Å²) in [6.45, 7) is -3.27. The molecule has 0 unspecified atom stereocenters. The minimum atomic E-state index is -3.04. The first-order valence-electron chi connectivity index (χ1n) is 7.64. The van der Waals surface area contributed by atoms with Crippen molar-refractivity contribution in [2.75, 3.05) is 25.2 Å². The Kier molecular flexibility index (Phi) is 6.97. The van der Waals surface area contributed by atoms with Crippen molar-refractivity contribution >= 4 is 29.3 Å². The first-order valence-corrected chi connectivity index (χ1v) is 8.87. The fraction of sp³-hybridized carbons (Fsp3) is 0.222. The molecule has 0 heterocycles. The average molecular weight is 380 g/mol. The Labute approximate surface area is 154 Å². The number of amides is 2. The van der Waals surface area contributed by atoms with E-state index in [2.05, 4.69) is 10.1 Å². The molecule has 0 aliphatic carbocycles. The van der Waals surface area contributed by atoms with Gasteiger partial charge in [0.1, 0.15) is 5.75 Å². The molecule has 2 aromatic rings. The van der Waals surface area contributed by atoms with Crippen molar-refractivity contribution in [3.63, 3.8) is 0 Å². The number of hydrogen-bond donors (Lipinski definition) is 1. The third-order valence-corrected chi connectivity index (χ3v) is 4.24. The lowest BCUT2D eigenvalue weighted by Gasteiger charge is -2.19. The van der Waals surface area contributed by atoms with Crippen LogP contribution in [0.1, 0.15) is 10.4 Å². The second-order valence-corrected chi connectivity index (χ2v) is 6.13. The topological polar surface area (TPSA) is 58.6 Å². The van der Waals surface area contributed by atoms with Crippen LogP contribution in [0.4, 0.5) is 14.5 Å². The quantitative estimate of drug-likeness (QED) is 0.744. The molecule has 0 saturated carbocycles. The molecule has 0 saturated heterocycles. The zero-order valence-electron chi connectivity index (χ0n) is 14.2. The predicted molar refractivity (Wildman–Crippen MR) is 96.9 cm³/mol. The van der Waals surface area contributed by atoms with Crippen molar-refractivity contribution in [3.8, 4) is 5.75 Å². The molecule has 2 amide bonds. The standard InChI is InChI=1S/C18H18F2N2O3S/c1-22(11-16(23)21-13-8-4-6-10-15(13)26-2)17(24)12-7-3-5-9-14(12)25-18(19)20/h3-10,18H,11H2,1-2H3,(H,21,23). The number of likely N-dealkylation sites (N-methyl/N-ethyl adjacent to an activating group) is 1. The molecule has 138 valence electrons. The molecule has 0 atom stereocenters. The molecule has 0 aliphatic heterocycles. The van der Waals surface area contributed by atoms with E-state index in [1.54, 1.807) is 12.1 Å². The molecule has 26 heavy (non-hydrogen) atoms. The lowest BCUT2D eigenvalue weighted by molar-refractivity contribution is -0.116. The van der Waals surface area contributed by atoms with Crippen LogP contribution >= 0.6 is 11.8 Å². The SMILES string of the molecule is CSc1ccccc1NC(=O)CN(C)C(=O)c1ccccc1OC(F)F. The van der Waals surface area contributed by atoms with Gasteiger partial charge in [0.15, 0.2) is 0 Å². The van der Waals surface area contributed by atoms with Gasteiger partial charge in [-0.15, -0.1) is 11.8 Å². The van der Waals surface area contributed by atoms with Gasteiger partial charge in [0, 0.05) is 11.9 Å². The van der Waals surface area contributed by atoms with E-state index in [1.165, 1.54) is 43.1 Å². The number of carbonyl (C=O) groups excluding carboxylic acids is 2. The number of alkyl halides is 2. The summed E-state index contributed by atoms with van der Waals surface area (Å²) in [5.41, 5.74) is 0.611. The third kappa shape index (κ3) is 5.19. The van der Waals surface area contributed by atoms with Crippen LogP contribution in [0.3, 0.4) is 0 Å². The molecule has 0 aromatic heterocycles. The second-order valence-electron chi connectivity index (χ2n) is 5.28. The highest BCUT2D eigenvalue weighted by atomic mass is 32.2. The van der Waals surface area contributed by atoms with E-state index in [0.29, 0.717) is 5.69 Å². The Morgan fingerprint density at radius 2 is 1.81 bits per heavy atom. The van der Waals surface area contributed by atoms with Gasteiger partial charge in [0.2, 0.25) is 5.91 Å². The van der Waals surface area contributed by atoms with Gasteiger partial charge in [0.05, 0.1) is 17.8 Å². The molecule has 1 N–H and O–H groups in total. The number of carbonyl (C=O) groups is 2. The Morgan fingerprint density at radius 3 is 2.50 bits per heavy atom. The van der Waals surface area contributed by atoms with Gasteiger partial charge in [-0.2, -0.15) is 8.78 Å². The normalized spacial score (nSPS) is 10.5. The fourth-order valence-electron chi connectivity index (χ4n) is 2.27. The molecule has 0 spiro atoms. The number of halogens is 2. The number of hydrogen-bond acceptors (Lipinski definition) is 4. The van der Waals surface area contributed by atoms with Gasteiger partial charge in [-0.25, -0.2) is 0 Å². The highest BCUT2D eigenvalue weighted by molar-refractivity contribution is 7.98. The van der Waals surface area contributed by atoms with Gasteiger partial charge in [-0.05, 0) is 30.5 Å². The van der Waals surface area contributed by atoms with E-state index in [1.807, 2.05) is 18.4 Å². The molecule has 5 nitrogen and oxygen atoms in total. The average Bonchev–Trinajstić information content (AvgIpc) is 2.61. The highest BCUT2D eigenvalue weighted by Gasteiger charge is 2.20. The zero-order valence-corrected chi connectivity index (χ0v) is 15.1. The van der Waals surface area contributed by atoms with E-state index in [9.17, 15) is 18.4 Å². The lowest BCUT2D eigenvalue weighted by atomic mass is 10.2. The van der Waals surface area contributed by atoms with Crippen molar-refractivity contribution in [2.45, 2.75) is 11.5 Å². The number of ether oxygens (including phenoxy) is 1. The van der Waals surface area contributed by atoms with Crippen LogP contribution in [0.2, 0.25) is 0 Å². The molecular formula is C18H18F2N2O3S. The lowest BCUT2D eigenvalue weighted by Crippen LogP contribution is -2.35. The molecule has 2 aromatic carbocycles. The number of para-hydroxylation sites is 2. The maximum atomic E-state index is 12.5. The van der Waals surface area contributed by atoms with E-state index in [-0.39, 0.29) is 17.9 Å². The van der Waals surface area contributed by atoms with Gasteiger partial charge < -0.3 is 15.0 Å². The molecule has 0 fully saturated rings. The van der Waals surface area contributed by atoms with Crippen LogP contribution in [0.15, 0.2) is 53.4 Å². The summed E-state index contributed by atoms with van der Waals surface area (Å²) < 4.78 is 29.3. The summed E-state index contributed by atoms with van der Waals surface area (Å²) in [5, 5.41) is 2.74. The van der Waals surface area contributed by atoms with Crippen LogP contribution in [-0.4, -0.2) is 43.2 Å². The summed E-state index contributed by atoms with van der Waals surface area (Å²) >= 11 is 1.48. The number of nitrogens with one attached hydrogen (secondary N) is 1. The van der Waals surface area contributed by atoms with Crippen LogP contribution in [0.5, 0.6) is 5.75 Å². The third-order valence-electron chi connectivity index (χ3n) is 3.44. The number of thioether (sulfide) groups is 1. The van der Waals surface area contributed by atoms with Crippen molar-refractivity contribution in [2.24, 2.45) is 0 Å². The van der Waals surface area contributed by atoms with E-state index in [4.69, 9.17) is 0 Å². The first-order chi connectivity index (χ1) is 12.4. The molecular weight excluding hydrogens is 362 g/mol. The predicted octanol–water partition coefficient (Wildman–Crippen LogP) is 3.72. The van der Waals surface area contributed by atoms with Crippen LogP contribution in [0.25, 0.3) is 0 Å². The maximum absolute atomic E-state index is 12.5. The van der Waals surface area contributed by atoms with Gasteiger partial charge in [-0.3, -0.25) is 9.59 Å². The number of rotatable bonds is 7. The summed E-state index contributed by atoms with van der Waals surface area (Å²) in [5.74, 6) is -1.21. The highest BCUT2D eigenvalue weighted by Crippen LogP contribution is 2.25. The Morgan fingerprint density at radius 1 is 1.15 bits per heavy atom. The molecule has 0 radical (unpaired) electrons. The van der Waals surface area contributed by atoms with Crippen LogP contribution in [-0.2, 0) is 4.79 Å². The van der Waals surface area contributed by atoms with Gasteiger partial charge in [-0.1, -0.05) is 24.3 Å². The summed E-state index contributed by atoms with van der Waals surface area (Å²) in [6.07, 6.45) is 1.89. The van der Waals surface area contributed by atoms with Crippen LogP contribution < -0.4 is 10.1 Å². The van der Waals surface area contributed by atoms with Crippen LogP contribution in [0, 0.1) is 0 Å². The van der Waals surface area contributed by atoms with Crippen molar-refractivity contribution in [1.29, 1.82) is 0 Å². The minimum absolute atomic E-state index is 0.0346. The smallest absolute Gasteiger partial charge is 0.387 e. The maximum Gasteiger partial charge on any atom is 0.387 e. The van der Waals surface area contributed by atoms with Crippen molar-refractivity contribution in [3.05, 3.63) is 54.1 Å². The van der Waals surface area contributed by atoms with Crippen molar-refractivity contribution in [1.82, 2.24) is 4.90 Å². The molecule has 0 bridgehead atoms. The Bertz CT molecular complexity index is 787. The largest absolute Gasteiger partial charge is 0.434 e. The fourth-order valence-corrected chi connectivity index (χ4v) is 2.83. The van der Waals surface area contributed by atoms with Gasteiger partial charge in [0.25, 0.3) is 5.91 Å². The van der Waals surface area contributed by atoms with E-state index >= 15 is 0 Å². The minimum Gasteiger partial charge on any atom is -0.434 e. The number of anilines is 1. The van der Waals surface area contributed by atoms with Gasteiger partial charge >= 0.3 is 6.61 Å². The molecule has 8 heteroatoms. The number of benzene rings is 2. The second kappa shape index (κ2) is 9.19. The molecule has 2 rings (SSSR count). The Hall–Kier alpha value is -2.61. The van der Waals surface area contributed by atoms with Crippen molar-refractivity contribution < 1.29 is 23.1 Å². The zero-order chi connectivity index (χ0) is 19.1. The van der Waals surface area contributed by atoms with E-state index < -0.39 is 18.4 Å². The first kappa shape index (κ1) is 19.7. The monoisotopic (exact) mass is 380 g/mol. The number of nitrogens with zero attached hydrogens (tertiary/aromatic N) is 1. The summed E-state index contributed by atoms with van der Waals surface area (Å²) in [7, 11) is 1.42.